The third kappa shape index (κ3) is 2.49. The number of benzene rings is 1. The van der Waals surface area contributed by atoms with Crippen molar-refractivity contribution in [2.75, 3.05) is 18.9 Å². The molecule has 2 rings (SSSR count). The zero-order valence-corrected chi connectivity index (χ0v) is 9.03. The minimum Gasteiger partial charge on any atom is -0.399 e. The summed E-state index contributed by atoms with van der Waals surface area (Å²) in [5.74, 6) is -0.414. The van der Waals surface area contributed by atoms with Crippen LogP contribution in [0, 0.1) is 0 Å². The highest BCUT2D eigenvalue weighted by Crippen LogP contribution is 2.25. The van der Waals surface area contributed by atoms with Crippen molar-refractivity contribution in [1.29, 1.82) is 0 Å². The van der Waals surface area contributed by atoms with E-state index in [2.05, 4.69) is 0 Å². The van der Waals surface area contributed by atoms with Crippen LogP contribution in [0.5, 0.6) is 0 Å². The Morgan fingerprint density at radius 1 is 1.27 bits per heavy atom. The molecule has 0 unspecified atom stereocenters. The zero-order valence-electron chi connectivity index (χ0n) is 9.03. The van der Waals surface area contributed by atoms with Crippen molar-refractivity contribution in [2.24, 2.45) is 0 Å². The van der Waals surface area contributed by atoms with Gasteiger partial charge < -0.3 is 15.2 Å². The Hall–Kier alpha value is -1.06. The molecular formula is C12H17NO2. The molecule has 0 aromatic heterocycles. The molecule has 0 bridgehead atoms. The fourth-order valence-electron chi connectivity index (χ4n) is 1.82. The first-order chi connectivity index (χ1) is 7.20. The summed E-state index contributed by atoms with van der Waals surface area (Å²) in [6, 6.07) is 7.93. The quantitative estimate of drug-likeness (QED) is 0.771. The van der Waals surface area contributed by atoms with Crippen LogP contribution in [-0.2, 0) is 15.9 Å². The molecule has 3 nitrogen and oxygen atoms in total. The third-order valence-corrected chi connectivity index (χ3v) is 2.80. The lowest BCUT2D eigenvalue weighted by Crippen LogP contribution is -2.26. The van der Waals surface area contributed by atoms with Crippen molar-refractivity contribution in [3.8, 4) is 0 Å². The molecule has 1 aliphatic rings. The smallest absolute Gasteiger partial charge is 0.166 e. The predicted octanol–water partition coefficient (Wildman–Crippen LogP) is 1.96. The molecule has 2 N–H and O–H groups in total. The molecule has 1 heterocycles. The van der Waals surface area contributed by atoms with Crippen LogP contribution in [0.3, 0.4) is 0 Å². The second-order valence-electron chi connectivity index (χ2n) is 4.03. The maximum atomic E-state index is 5.87. The van der Waals surface area contributed by atoms with Crippen LogP contribution in [0.1, 0.15) is 18.9 Å². The van der Waals surface area contributed by atoms with E-state index in [0.717, 1.165) is 24.1 Å². The summed E-state index contributed by atoms with van der Waals surface area (Å²) >= 11 is 0. The number of para-hydroxylation sites is 1. The minimum absolute atomic E-state index is 0.414. The average Bonchev–Trinajstić information content (AvgIpc) is 2.65. The highest BCUT2D eigenvalue weighted by atomic mass is 16.7. The molecule has 0 atom stereocenters. The highest BCUT2D eigenvalue weighted by Gasteiger charge is 2.30. The average molecular weight is 207 g/mol. The summed E-state index contributed by atoms with van der Waals surface area (Å²) in [6.07, 6.45) is 1.74. The number of ether oxygens (including phenoxy) is 2. The third-order valence-electron chi connectivity index (χ3n) is 2.80. The number of hydrogen-bond donors (Lipinski definition) is 1. The van der Waals surface area contributed by atoms with Gasteiger partial charge in [0.15, 0.2) is 5.79 Å². The Balaban J connectivity index is 1.95. The van der Waals surface area contributed by atoms with Gasteiger partial charge in [0.05, 0.1) is 13.2 Å². The number of hydrogen-bond acceptors (Lipinski definition) is 3. The first-order valence-corrected chi connectivity index (χ1v) is 5.31. The second kappa shape index (κ2) is 4.21. The molecule has 0 amide bonds. The number of aryl methyl sites for hydroxylation is 1. The second-order valence-corrected chi connectivity index (χ2v) is 4.03. The Morgan fingerprint density at radius 3 is 2.60 bits per heavy atom. The maximum absolute atomic E-state index is 5.87. The van der Waals surface area contributed by atoms with Gasteiger partial charge in [-0.2, -0.15) is 0 Å². The summed E-state index contributed by atoms with van der Waals surface area (Å²) in [6.45, 7) is 3.38. The van der Waals surface area contributed by atoms with Crippen LogP contribution in [0.15, 0.2) is 24.3 Å². The molecule has 0 saturated carbocycles. The van der Waals surface area contributed by atoms with Crippen LogP contribution in [0.2, 0.25) is 0 Å². The SMILES string of the molecule is CC1(CCc2ccccc2N)OCCO1. The van der Waals surface area contributed by atoms with E-state index in [1.54, 1.807) is 0 Å². The minimum atomic E-state index is -0.414. The molecule has 0 radical (unpaired) electrons. The largest absolute Gasteiger partial charge is 0.399 e. The summed E-state index contributed by atoms with van der Waals surface area (Å²) in [5, 5.41) is 0. The highest BCUT2D eigenvalue weighted by molar-refractivity contribution is 5.46. The number of nitrogens with two attached hydrogens (primary N) is 1. The van der Waals surface area contributed by atoms with Gasteiger partial charge in [-0.05, 0) is 25.0 Å². The molecule has 0 spiro atoms. The van der Waals surface area contributed by atoms with Crippen LogP contribution in [0.4, 0.5) is 5.69 Å². The molecule has 1 fully saturated rings. The summed E-state index contributed by atoms with van der Waals surface area (Å²) in [4.78, 5) is 0. The number of nitrogen functional groups attached to an aromatic ring is 1. The van der Waals surface area contributed by atoms with Gasteiger partial charge in [0.1, 0.15) is 0 Å². The summed E-state index contributed by atoms with van der Waals surface area (Å²) in [7, 11) is 0. The van der Waals surface area contributed by atoms with Crippen LogP contribution >= 0.6 is 0 Å². The van der Waals surface area contributed by atoms with Crippen LogP contribution in [-0.4, -0.2) is 19.0 Å². The molecule has 3 heteroatoms. The fourth-order valence-corrected chi connectivity index (χ4v) is 1.82. The lowest BCUT2D eigenvalue weighted by atomic mass is 10.0. The van der Waals surface area contributed by atoms with Gasteiger partial charge in [-0.1, -0.05) is 18.2 Å². The molecular weight excluding hydrogens is 190 g/mol. The monoisotopic (exact) mass is 207 g/mol. The molecule has 1 aromatic rings. The first-order valence-electron chi connectivity index (χ1n) is 5.31. The van der Waals surface area contributed by atoms with Gasteiger partial charge >= 0.3 is 0 Å². The van der Waals surface area contributed by atoms with Gasteiger partial charge in [-0.3, -0.25) is 0 Å². The van der Waals surface area contributed by atoms with Gasteiger partial charge in [0, 0.05) is 12.1 Å². The van der Waals surface area contributed by atoms with E-state index in [-0.39, 0.29) is 0 Å². The van der Waals surface area contributed by atoms with E-state index >= 15 is 0 Å². The van der Waals surface area contributed by atoms with E-state index < -0.39 is 5.79 Å². The Labute approximate surface area is 90.2 Å². The van der Waals surface area contributed by atoms with Crippen molar-refractivity contribution >= 4 is 5.69 Å². The summed E-state index contributed by atoms with van der Waals surface area (Å²) in [5.41, 5.74) is 7.88. The lowest BCUT2D eigenvalue weighted by molar-refractivity contribution is -0.146. The maximum Gasteiger partial charge on any atom is 0.166 e. The molecule has 1 aromatic carbocycles. The van der Waals surface area contributed by atoms with Gasteiger partial charge in [-0.25, -0.2) is 0 Å². The Kier molecular flexibility index (Phi) is 2.93. The fraction of sp³-hybridized carbons (Fsp3) is 0.500. The predicted molar refractivity (Wildman–Crippen MR) is 59.5 cm³/mol. The van der Waals surface area contributed by atoms with Crippen molar-refractivity contribution in [2.45, 2.75) is 25.6 Å². The molecule has 15 heavy (non-hydrogen) atoms. The topological polar surface area (TPSA) is 44.5 Å². The molecule has 82 valence electrons. The lowest BCUT2D eigenvalue weighted by Gasteiger charge is -2.22. The molecule has 1 saturated heterocycles. The van der Waals surface area contributed by atoms with Crippen molar-refractivity contribution in [1.82, 2.24) is 0 Å². The Bertz CT molecular complexity index is 332. The normalized spacial score (nSPS) is 19.3. The van der Waals surface area contributed by atoms with Crippen molar-refractivity contribution < 1.29 is 9.47 Å². The van der Waals surface area contributed by atoms with Gasteiger partial charge in [0.2, 0.25) is 0 Å². The van der Waals surface area contributed by atoms with E-state index in [1.165, 1.54) is 0 Å². The molecule has 1 aliphatic heterocycles. The van der Waals surface area contributed by atoms with Crippen LogP contribution in [0.25, 0.3) is 0 Å². The Morgan fingerprint density at radius 2 is 1.93 bits per heavy atom. The van der Waals surface area contributed by atoms with Crippen LogP contribution < -0.4 is 5.73 Å². The van der Waals surface area contributed by atoms with E-state index in [0.29, 0.717) is 13.2 Å². The molecule has 0 aliphatic carbocycles. The van der Waals surface area contributed by atoms with Crippen molar-refractivity contribution in [3.63, 3.8) is 0 Å². The van der Waals surface area contributed by atoms with E-state index in [4.69, 9.17) is 15.2 Å². The van der Waals surface area contributed by atoms with Crippen molar-refractivity contribution in [3.05, 3.63) is 29.8 Å². The number of anilines is 1. The standard InChI is InChI=1S/C12H17NO2/c1-12(14-8-9-15-12)7-6-10-4-2-3-5-11(10)13/h2-5H,6-9,13H2,1H3. The van der Waals surface area contributed by atoms with Gasteiger partial charge in [-0.15, -0.1) is 0 Å². The zero-order chi connectivity index (χ0) is 10.7. The van der Waals surface area contributed by atoms with E-state index in [9.17, 15) is 0 Å². The van der Waals surface area contributed by atoms with E-state index in [1.807, 2.05) is 31.2 Å². The first kappa shape index (κ1) is 10.5. The summed E-state index contributed by atoms with van der Waals surface area (Å²) < 4.78 is 11.1. The van der Waals surface area contributed by atoms with Gasteiger partial charge in [0.25, 0.3) is 0 Å². The number of rotatable bonds is 3.